The minimum absolute atomic E-state index is 0.105. The van der Waals surface area contributed by atoms with E-state index >= 15 is 0 Å². The number of allylic oxidation sites excluding steroid dienone is 14. The summed E-state index contributed by atoms with van der Waals surface area (Å²) in [7, 11) is 0. The molecule has 0 aliphatic carbocycles. The van der Waals surface area contributed by atoms with Gasteiger partial charge in [-0.3, -0.25) is 14.4 Å². The Morgan fingerprint density at radius 3 is 0.942 bits per heavy atom. The highest BCUT2D eigenvalue weighted by Crippen LogP contribution is 2.14. The average molecular weight is 962 g/mol. The van der Waals surface area contributed by atoms with Crippen molar-refractivity contribution in [3.8, 4) is 0 Å². The van der Waals surface area contributed by atoms with E-state index in [0.717, 1.165) is 77.0 Å². The van der Waals surface area contributed by atoms with Gasteiger partial charge in [-0.05, 0) is 109 Å². The van der Waals surface area contributed by atoms with Gasteiger partial charge < -0.3 is 14.2 Å². The molecule has 0 rings (SSSR count). The van der Waals surface area contributed by atoms with Crippen molar-refractivity contribution < 1.29 is 28.6 Å². The molecule has 0 aromatic heterocycles. The molecular weight excluding hydrogens is 853 g/mol. The molecule has 0 aliphatic heterocycles. The third kappa shape index (κ3) is 55.4. The van der Waals surface area contributed by atoms with Crippen LogP contribution in [0.25, 0.3) is 0 Å². The molecule has 0 N–H and O–H groups in total. The van der Waals surface area contributed by atoms with Gasteiger partial charge in [0.1, 0.15) is 13.2 Å². The van der Waals surface area contributed by atoms with Gasteiger partial charge in [-0.1, -0.05) is 234 Å². The maximum Gasteiger partial charge on any atom is 0.306 e. The Bertz CT molecular complexity index is 1330. The molecule has 0 amide bonds. The fourth-order valence-electron chi connectivity index (χ4n) is 7.94. The molecule has 0 bridgehead atoms. The second-order valence-corrected chi connectivity index (χ2v) is 19.2. The maximum absolute atomic E-state index is 12.8. The predicted octanol–water partition coefficient (Wildman–Crippen LogP) is 19.5. The quantitative estimate of drug-likeness (QED) is 0.0262. The van der Waals surface area contributed by atoms with E-state index in [1.807, 2.05) is 6.08 Å². The fourth-order valence-corrected chi connectivity index (χ4v) is 7.94. The van der Waals surface area contributed by atoms with Crippen molar-refractivity contribution in [2.45, 2.75) is 284 Å². The van der Waals surface area contributed by atoms with Crippen LogP contribution in [0, 0.1) is 0 Å². The number of unbranched alkanes of at least 4 members (excludes halogenated alkanes) is 27. The highest BCUT2D eigenvalue weighted by atomic mass is 16.6. The van der Waals surface area contributed by atoms with Gasteiger partial charge >= 0.3 is 17.9 Å². The van der Waals surface area contributed by atoms with Crippen LogP contribution in [-0.2, 0) is 28.6 Å². The molecule has 6 heteroatoms. The number of ether oxygens (including phenoxy) is 3. The largest absolute Gasteiger partial charge is 0.462 e. The number of carbonyl (C=O) groups is 3. The highest BCUT2D eigenvalue weighted by molar-refractivity contribution is 5.71. The van der Waals surface area contributed by atoms with E-state index in [-0.39, 0.29) is 37.5 Å². The summed E-state index contributed by atoms with van der Waals surface area (Å²) in [6, 6.07) is 0. The van der Waals surface area contributed by atoms with Gasteiger partial charge in [0.15, 0.2) is 6.10 Å². The van der Waals surface area contributed by atoms with Crippen molar-refractivity contribution >= 4 is 17.9 Å². The Kier molecular flexibility index (Phi) is 54.3. The van der Waals surface area contributed by atoms with Crippen LogP contribution in [0.1, 0.15) is 278 Å². The molecule has 1 atom stereocenters. The van der Waals surface area contributed by atoms with Crippen LogP contribution in [-0.4, -0.2) is 37.2 Å². The molecule has 69 heavy (non-hydrogen) atoms. The summed E-state index contributed by atoms with van der Waals surface area (Å²) in [5.74, 6) is -0.998. The van der Waals surface area contributed by atoms with Gasteiger partial charge in [0.25, 0.3) is 0 Å². The molecule has 0 radical (unpaired) electrons. The van der Waals surface area contributed by atoms with Gasteiger partial charge in [-0.2, -0.15) is 0 Å². The Morgan fingerprint density at radius 1 is 0.290 bits per heavy atom. The molecule has 0 spiro atoms. The smallest absolute Gasteiger partial charge is 0.306 e. The molecule has 0 saturated carbocycles. The van der Waals surface area contributed by atoms with Gasteiger partial charge in [-0.15, -0.1) is 0 Å². The van der Waals surface area contributed by atoms with E-state index in [0.29, 0.717) is 19.3 Å². The van der Waals surface area contributed by atoms with Crippen LogP contribution in [0.4, 0.5) is 0 Å². The summed E-state index contributed by atoms with van der Waals surface area (Å²) < 4.78 is 16.8. The minimum Gasteiger partial charge on any atom is -0.462 e. The number of hydrogen-bond acceptors (Lipinski definition) is 6. The molecule has 0 saturated heterocycles. The van der Waals surface area contributed by atoms with Crippen LogP contribution in [0.5, 0.6) is 0 Å². The molecule has 0 aromatic carbocycles. The molecule has 0 aliphatic rings. The Morgan fingerprint density at radius 2 is 0.551 bits per heavy atom. The standard InChI is InChI=1S/C63H108O6/c1-4-7-10-13-16-19-22-25-28-30-31-33-36-38-41-44-47-50-53-56-62(65)68-59-60(69-63(66)57-54-51-48-45-42-39-34-27-24-21-18-15-12-9-6-3)58-67-61(64)55-52-49-46-43-40-37-35-32-29-26-23-20-17-14-11-8-5-2/h16,19,25-29,31,33-34,38,41,47,50,60H,4-15,17-18,20-24,30,32,35-37,39-40,42-46,48-49,51-59H2,1-3H3/b19-16-,28-25-,29-26-,33-31-,34-27-,41-38-,50-47-/t60-/m0/s1. The zero-order valence-corrected chi connectivity index (χ0v) is 45.3. The van der Waals surface area contributed by atoms with Crippen LogP contribution in [0.3, 0.4) is 0 Å². The molecular formula is C63H108O6. The second-order valence-electron chi connectivity index (χ2n) is 19.2. The Labute approximate surface area is 426 Å². The Hall–Kier alpha value is -3.41. The summed E-state index contributed by atoms with van der Waals surface area (Å²) >= 11 is 0. The highest BCUT2D eigenvalue weighted by Gasteiger charge is 2.19. The molecule has 0 unspecified atom stereocenters. The van der Waals surface area contributed by atoms with E-state index in [9.17, 15) is 14.4 Å². The predicted molar refractivity (Wildman–Crippen MR) is 297 cm³/mol. The first kappa shape index (κ1) is 65.6. The van der Waals surface area contributed by atoms with Crippen LogP contribution >= 0.6 is 0 Å². The van der Waals surface area contributed by atoms with E-state index in [1.165, 1.54) is 154 Å². The van der Waals surface area contributed by atoms with Crippen LogP contribution < -0.4 is 0 Å². The Balaban J connectivity index is 4.50. The van der Waals surface area contributed by atoms with Crippen molar-refractivity contribution in [2.24, 2.45) is 0 Å². The van der Waals surface area contributed by atoms with Gasteiger partial charge in [0.2, 0.25) is 0 Å². The topological polar surface area (TPSA) is 78.9 Å². The molecule has 6 nitrogen and oxygen atoms in total. The van der Waals surface area contributed by atoms with Crippen molar-refractivity contribution in [3.05, 3.63) is 85.1 Å². The number of esters is 3. The lowest BCUT2D eigenvalue weighted by atomic mass is 10.1. The van der Waals surface area contributed by atoms with Crippen molar-refractivity contribution in [3.63, 3.8) is 0 Å². The normalized spacial score (nSPS) is 12.7. The number of carbonyl (C=O) groups excluding carboxylic acids is 3. The fraction of sp³-hybridized carbons (Fsp3) is 0.730. The summed E-state index contributed by atoms with van der Waals surface area (Å²) in [5, 5.41) is 0. The van der Waals surface area contributed by atoms with Gasteiger partial charge in [-0.25, -0.2) is 0 Å². The monoisotopic (exact) mass is 961 g/mol. The lowest BCUT2D eigenvalue weighted by Gasteiger charge is -2.18. The third-order valence-corrected chi connectivity index (χ3v) is 12.4. The van der Waals surface area contributed by atoms with E-state index in [4.69, 9.17) is 14.2 Å². The van der Waals surface area contributed by atoms with E-state index in [1.54, 1.807) is 0 Å². The van der Waals surface area contributed by atoms with E-state index < -0.39 is 6.10 Å². The number of hydrogen-bond donors (Lipinski definition) is 0. The SMILES string of the molecule is CCCCC/C=C\C/C=C\C/C=C\C/C=C\C/C=C\CCC(=O)OC[C@H](COC(=O)CCCCCCCCC/C=C\CCCCCCCC)OC(=O)CCCCCCC/C=C\CCCCCCCC. The van der Waals surface area contributed by atoms with Gasteiger partial charge in [0, 0.05) is 19.3 Å². The first-order valence-corrected chi connectivity index (χ1v) is 29.1. The maximum atomic E-state index is 12.8. The zero-order chi connectivity index (χ0) is 50.0. The van der Waals surface area contributed by atoms with Crippen LogP contribution in [0.15, 0.2) is 85.1 Å². The summed E-state index contributed by atoms with van der Waals surface area (Å²) in [4.78, 5) is 38.1. The van der Waals surface area contributed by atoms with Crippen molar-refractivity contribution in [2.75, 3.05) is 13.2 Å². The second kappa shape index (κ2) is 57.2. The van der Waals surface area contributed by atoms with Crippen molar-refractivity contribution in [1.29, 1.82) is 0 Å². The summed E-state index contributed by atoms with van der Waals surface area (Å²) in [6.07, 6.45) is 74.4. The lowest BCUT2D eigenvalue weighted by molar-refractivity contribution is -0.166. The first-order chi connectivity index (χ1) is 34.0. The van der Waals surface area contributed by atoms with Gasteiger partial charge in [0.05, 0.1) is 0 Å². The van der Waals surface area contributed by atoms with E-state index in [2.05, 4.69) is 99.8 Å². The average Bonchev–Trinajstić information content (AvgIpc) is 3.35. The van der Waals surface area contributed by atoms with Crippen LogP contribution in [0.2, 0.25) is 0 Å². The molecule has 0 fully saturated rings. The lowest BCUT2D eigenvalue weighted by Crippen LogP contribution is -2.30. The summed E-state index contributed by atoms with van der Waals surface area (Å²) in [5.41, 5.74) is 0. The minimum atomic E-state index is -0.813. The molecule has 0 heterocycles. The van der Waals surface area contributed by atoms with Crippen molar-refractivity contribution in [1.82, 2.24) is 0 Å². The zero-order valence-electron chi connectivity index (χ0n) is 45.3. The molecule has 0 aromatic rings. The molecule has 396 valence electrons. The first-order valence-electron chi connectivity index (χ1n) is 29.1. The number of rotatable bonds is 52. The third-order valence-electron chi connectivity index (χ3n) is 12.4. The summed E-state index contributed by atoms with van der Waals surface area (Å²) in [6.45, 7) is 6.54.